The molecule has 0 aliphatic carbocycles. The molecule has 0 spiro atoms. The topological polar surface area (TPSA) is 87.7 Å². The fourth-order valence-electron chi connectivity index (χ4n) is 3.06. The van der Waals surface area contributed by atoms with Crippen LogP contribution in [0.5, 0.6) is 5.75 Å². The number of carbonyl (C=O) groups excluding carboxylic acids is 3. The van der Waals surface area contributed by atoms with Crippen molar-refractivity contribution >= 4 is 46.7 Å². The number of nitrogens with zero attached hydrogens (tertiary/aromatic N) is 1. The van der Waals surface area contributed by atoms with Crippen molar-refractivity contribution in [3.05, 3.63) is 58.1 Å². The maximum absolute atomic E-state index is 12.9. The maximum Gasteiger partial charge on any atom is 0.325 e. The fourth-order valence-corrected chi connectivity index (χ4v) is 3.66. The Morgan fingerprint density at radius 1 is 1.17 bits per heavy atom. The largest absolute Gasteiger partial charge is 0.494 e. The molecule has 152 valence electrons. The van der Waals surface area contributed by atoms with Crippen LogP contribution in [0.2, 0.25) is 10.0 Å². The number of anilines is 1. The Kier molecular flexibility index (Phi) is 6.00. The lowest BCUT2D eigenvalue weighted by Gasteiger charge is -2.23. The van der Waals surface area contributed by atoms with Crippen LogP contribution >= 0.6 is 23.2 Å². The van der Waals surface area contributed by atoms with Gasteiger partial charge in [0.2, 0.25) is 5.91 Å². The number of halogens is 2. The van der Waals surface area contributed by atoms with Gasteiger partial charge in [0.15, 0.2) is 0 Å². The molecular formula is C20H19Cl2N3O4. The van der Waals surface area contributed by atoms with Gasteiger partial charge in [-0.05, 0) is 50.2 Å². The second-order valence-corrected chi connectivity index (χ2v) is 7.42. The summed E-state index contributed by atoms with van der Waals surface area (Å²) < 4.78 is 5.35. The molecule has 4 amide bonds. The fraction of sp³-hybridized carbons (Fsp3) is 0.250. The van der Waals surface area contributed by atoms with E-state index >= 15 is 0 Å². The number of imide groups is 1. The van der Waals surface area contributed by atoms with E-state index in [1.165, 1.54) is 13.0 Å². The van der Waals surface area contributed by atoms with Gasteiger partial charge in [0.1, 0.15) is 17.8 Å². The molecule has 0 saturated carbocycles. The summed E-state index contributed by atoms with van der Waals surface area (Å²) in [6, 6.07) is 10.7. The number of rotatable bonds is 6. The second kappa shape index (κ2) is 8.31. The molecule has 0 radical (unpaired) electrons. The van der Waals surface area contributed by atoms with Gasteiger partial charge in [-0.15, -0.1) is 0 Å². The minimum Gasteiger partial charge on any atom is -0.494 e. The summed E-state index contributed by atoms with van der Waals surface area (Å²) in [5, 5.41) is 5.92. The van der Waals surface area contributed by atoms with E-state index in [4.69, 9.17) is 27.9 Å². The van der Waals surface area contributed by atoms with E-state index in [2.05, 4.69) is 10.6 Å². The van der Waals surface area contributed by atoms with Crippen LogP contribution < -0.4 is 15.4 Å². The summed E-state index contributed by atoms with van der Waals surface area (Å²) in [4.78, 5) is 38.5. The van der Waals surface area contributed by atoms with Crippen LogP contribution in [0.15, 0.2) is 42.5 Å². The van der Waals surface area contributed by atoms with Crippen molar-refractivity contribution in [3.8, 4) is 5.75 Å². The van der Waals surface area contributed by atoms with Crippen LogP contribution in [-0.4, -0.2) is 35.9 Å². The van der Waals surface area contributed by atoms with Crippen molar-refractivity contribution in [2.75, 3.05) is 18.5 Å². The van der Waals surface area contributed by atoms with Crippen molar-refractivity contribution in [1.29, 1.82) is 0 Å². The van der Waals surface area contributed by atoms with Gasteiger partial charge < -0.3 is 15.4 Å². The number of hydrogen-bond donors (Lipinski definition) is 2. The average molecular weight is 436 g/mol. The number of carbonyl (C=O) groups is 3. The molecule has 0 aromatic heterocycles. The third-order valence-electron chi connectivity index (χ3n) is 4.50. The van der Waals surface area contributed by atoms with E-state index in [1.807, 2.05) is 6.92 Å². The molecule has 1 heterocycles. The van der Waals surface area contributed by atoms with Crippen LogP contribution in [0.4, 0.5) is 10.5 Å². The molecule has 2 aromatic rings. The second-order valence-electron chi connectivity index (χ2n) is 6.58. The lowest BCUT2D eigenvalue weighted by atomic mass is 9.92. The van der Waals surface area contributed by atoms with Crippen LogP contribution in [0.1, 0.15) is 19.4 Å². The predicted molar refractivity (Wildman–Crippen MR) is 110 cm³/mol. The molecule has 0 unspecified atom stereocenters. The highest BCUT2D eigenvalue weighted by atomic mass is 35.5. The number of ether oxygens (including phenoxy) is 1. The molecule has 29 heavy (non-hydrogen) atoms. The minimum absolute atomic E-state index is 0.245. The van der Waals surface area contributed by atoms with Crippen LogP contribution in [0, 0.1) is 0 Å². The zero-order valence-corrected chi connectivity index (χ0v) is 17.3. The minimum atomic E-state index is -1.39. The first-order valence-electron chi connectivity index (χ1n) is 8.87. The third-order valence-corrected chi connectivity index (χ3v) is 5.04. The Morgan fingerprint density at radius 2 is 1.86 bits per heavy atom. The third kappa shape index (κ3) is 4.31. The molecule has 1 aliphatic heterocycles. The Morgan fingerprint density at radius 3 is 2.48 bits per heavy atom. The van der Waals surface area contributed by atoms with Crippen molar-refractivity contribution in [2.45, 2.75) is 19.4 Å². The summed E-state index contributed by atoms with van der Waals surface area (Å²) in [5.41, 5.74) is -0.469. The van der Waals surface area contributed by atoms with Crippen LogP contribution in [-0.2, 0) is 15.1 Å². The van der Waals surface area contributed by atoms with E-state index < -0.39 is 29.9 Å². The summed E-state index contributed by atoms with van der Waals surface area (Å²) in [5.74, 6) is -0.409. The quantitative estimate of drug-likeness (QED) is 0.675. The van der Waals surface area contributed by atoms with E-state index in [-0.39, 0.29) is 5.02 Å². The van der Waals surface area contributed by atoms with Gasteiger partial charge in [-0.2, -0.15) is 0 Å². The van der Waals surface area contributed by atoms with Crippen molar-refractivity contribution in [3.63, 3.8) is 0 Å². The highest BCUT2D eigenvalue weighted by molar-refractivity contribution is 6.35. The average Bonchev–Trinajstić information content (AvgIpc) is 2.87. The first-order chi connectivity index (χ1) is 13.7. The van der Waals surface area contributed by atoms with E-state index in [9.17, 15) is 14.4 Å². The molecule has 2 N–H and O–H groups in total. The predicted octanol–water partition coefficient (Wildman–Crippen LogP) is 3.80. The van der Waals surface area contributed by atoms with Crippen LogP contribution in [0.25, 0.3) is 0 Å². The lowest BCUT2D eigenvalue weighted by molar-refractivity contribution is -0.133. The standard InChI is InChI=1S/C20H19Cl2N3O4/c1-3-29-14-7-5-13(6-8-14)23-17(26)11-25-18(27)20(2,24-19(25)28)15-9-4-12(21)10-16(15)22/h4-10H,3,11H2,1-2H3,(H,23,26)(H,24,28)/t20-/m0/s1. The van der Waals surface area contributed by atoms with Gasteiger partial charge in [-0.25, -0.2) is 4.79 Å². The number of urea groups is 1. The van der Waals surface area contributed by atoms with Gasteiger partial charge in [0.25, 0.3) is 5.91 Å². The Hall–Kier alpha value is -2.77. The number of amides is 4. The number of hydrogen-bond acceptors (Lipinski definition) is 4. The van der Waals surface area contributed by atoms with Gasteiger partial charge in [0.05, 0.1) is 6.61 Å². The Balaban J connectivity index is 1.72. The summed E-state index contributed by atoms with van der Waals surface area (Å²) >= 11 is 12.1. The van der Waals surface area contributed by atoms with E-state index in [1.54, 1.807) is 36.4 Å². The number of benzene rings is 2. The highest BCUT2D eigenvalue weighted by Crippen LogP contribution is 2.34. The normalized spacial score (nSPS) is 18.6. The first-order valence-corrected chi connectivity index (χ1v) is 9.62. The van der Waals surface area contributed by atoms with Crippen molar-refractivity contribution < 1.29 is 19.1 Å². The van der Waals surface area contributed by atoms with Gasteiger partial charge in [0, 0.05) is 21.3 Å². The molecule has 0 bridgehead atoms. The molecule has 3 rings (SSSR count). The Bertz CT molecular complexity index is 965. The van der Waals surface area contributed by atoms with E-state index in [0.29, 0.717) is 28.6 Å². The van der Waals surface area contributed by atoms with E-state index in [0.717, 1.165) is 4.90 Å². The molecule has 2 aromatic carbocycles. The monoisotopic (exact) mass is 435 g/mol. The van der Waals surface area contributed by atoms with Gasteiger partial charge in [-0.3, -0.25) is 14.5 Å². The van der Waals surface area contributed by atoms with Gasteiger partial charge >= 0.3 is 6.03 Å². The van der Waals surface area contributed by atoms with Crippen molar-refractivity contribution in [2.24, 2.45) is 0 Å². The van der Waals surface area contributed by atoms with Gasteiger partial charge in [-0.1, -0.05) is 29.3 Å². The molecule has 1 saturated heterocycles. The van der Waals surface area contributed by atoms with Crippen molar-refractivity contribution in [1.82, 2.24) is 10.2 Å². The highest BCUT2D eigenvalue weighted by Gasteiger charge is 2.50. The molecule has 9 heteroatoms. The molecular weight excluding hydrogens is 417 g/mol. The SMILES string of the molecule is CCOc1ccc(NC(=O)CN2C(=O)N[C@@](C)(c3ccc(Cl)cc3Cl)C2=O)cc1. The summed E-state index contributed by atoms with van der Waals surface area (Å²) in [7, 11) is 0. The zero-order valence-electron chi connectivity index (χ0n) is 15.8. The Labute approximate surface area is 177 Å². The van der Waals surface area contributed by atoms with Crippen LogP contribution in [0.3, 0.4) is 0 Å². The molecule has 1 fully saturated rings. The molecule has 1 aliphatic rings. The lowest BCUT2D eigenvalue weighted by Crippen LogP contribution is -2.42. The molecule has 1 atom stereocenters. The summed E-state index contributed by atoms with van der Waals surface area (Å²) in [6.07, 6.45) is 0. The zero-order chi connectivity index (χ0) is 21.2. The maximum atomic E-state index is 12.9. The first kappa shape index (κ1) is 21.0. The number of nitrogens with one attached hydrogen (secondary N) is 2. The smallest absolute Gasteiger partial charge is 0.325 e. The molecule has 7 nitrogen and oxygen atoms in total. The summed E-state index contributed by atoms with van der Waals surface area (Å²) in [6.45, 7) is 3.51.